The van der Waals surface area contributed by atoms with E-state index in [1.165, 1.54) is 43.1 Å². The van der Waals surface area contributed by atoms with E-state index < -0.39 is 11.9 Å². The Morgan fingerprint density at radius 2 is 1.67 bits per heavy atom. The fourth-order valence-corrected chi connectivity index (χ4v) is 6.12. The summed E-state index contributed by atoms with van der Waals surface area (Å²) in [6, 6.07) is 15.7. The molecule has 1 amide bonds. The van der Waals surface area contributed by atoms with Gasteiger partial charge in [-0.05, 0) is 53.4 Å². The van der Waals surface area contributed by atoms with Crippen LogP contribution in [0, 0.1) is 0 Å². The zero-order chi connectivity index (χ0) is 27.4. The summed E-state index contributed by atoms with van der Waals surface area (Å²) >= 11 is 1.40. The maximum absolute atomic E-state index is 14.0. The molecule has 39 heavy (non-hydrogen) atoms. The average Bonchev–Trinajstić information content (AvgIpc) is 3.50. The molecule has 0 fully saturated rings. The molecule has 0 saturated heterocycles. The second kappa shape index (κ2) is 9.43. The molecule has 1 aliphatic heterocycles. The van der Waals surface area contributed by atoms with E-state index in [0.29, 0.717) is 44.8 Å². The number of carbonyl (C=O) groups excluding carboxylic acids is 1. The first kappa shape index (κ1) is 24.9. The number of para-hydroxylation sites is 1. The topological polar surface area (TPSA) is 91.1 Å². The maximum atomic E-state index is 14.0. The van der Waals surface area contributed by atoms with Crippen molar-refractivity contribution >= 4 is 43.6 Å². The summed E-state index contributed by atoms with van der Waals surface area (Å²) in [4.78, 5) is 34.3. The molecule has 0 aliphatic carbocycles. The zero-order valence-electron chi connectivity index (χ0n) is 22.1. The summed E-state index contributed by atoms with van der Waals surface area (Å²) in [6.45, 7) is 4.26. The number of ether oxygens (including phenoxy) is 3. The third kappa shape index (κ3) is 3.84. The molecule has 1 atom stereocenters. The lowest BCUT2D eigenvalue weighted by molar-refractivity contribution is 0.0971. The minimum atomic E-state index is -0.827. The summed E-state index contributed by atoms with van der Waals surface area (Å²) in [6.07, 6.45) is 0. The van der Waals surface area contributed by atoms with Crippen LogP contribution in [0.25, 0.3) is 21.2 Å². The standard InChI is InChI=1S/C30H26N2O6S/c1-15(2)16-10-11-19-23(14-16)39-30(31-19)32-25(17-12-21(35-3)27(37-5)22(13-17)36-4)24-26(33)18-8-6-7-9-20(18)38-28(24)29(32)34/h6-15,25H,1-5H3/t25-/m0/s1. The largest absolute Gasteiger partial charge is 0.493 e. The van der Waals surface area contributed by atoms with Crippen molar-refractivity contribution in [3.63, 3.8) is 0 Å². The lowest BCUT2D eigenvalue weighted by Crippen LogP contribution is -2.29. The molecule has 8 nitrogen and oxygen atoms in total. The smallest absolute Gasteiger partial charge is 0.297 e. The van der Waals surface area contributed by atoms with Crippen LogP contribution in [-0.4, -0.2) is 32.2 Å². The van der Waals surface area contributed by atoms with E-state index in [0.717, 1.165) is 10.2 Å². The maximum Gasteiger partial charge on any atom is 0.297 e. The van der Waals surface area contributed by atoms with Gasteiger partial charge in [0.2, 0.25) is 11.5 Å². The van der Waals surface area contributed by atoms with Gasteiger partial charge in [0.25, 0.3) is 5.91 Å². The molecule has 5 aromatic rings. The van der Waals surface area contributed by atoms with Crippen molar-refractivity contribution < 1.29 is 23.4 Å². The summed E-state index contributed by atoms with van der Waals surface area (Å²) in [7, 11) is 4.57. The van der Waals surface area contributed by atoms with Crippen LogP contribution >= 0.6 is 11.3 Å². The number of fused-ring (bicyclic) bond motifs is 3. The number of aromatic nitrogens is 1. The summed E-state index contributed by atoms with van der Waals surface area (Å²) < 4.78 is 23.7. The van der Waals surface area contributed by atoms with Gasteiger partial charge in [0, 0.05) is 0 Å². The highest BCUT2D eigenvalue weighted by atomic mass is 32.1. The van der Waals surface area contributed by atoms with Crippen LogP contribution < -0.4 is 24.5 Å². The molecule has 0 radical (unpaired) electrons. The second-order valence-electron chi connectivity index (χ2n) is 9.58. The van der Waals surface area contributed by atoms with Gasteiger partial charge in [0.15, 0.2) is 22.1 Å². The van der Waals surface area contributed by atoms with E-state index in [2.05, 4.69) is 19.9 Å². The van der Waals surface area contributed by atoms with Gasteiger partial charge in [-0.1, -0.05) is 43.4 Å². The fraction of sp³-hybridized carbons (Fsp3) is 0.233. The van der Waals surface area contributed by atoms with Crippen LogP contribution in [0.2, 0.25) is 0 Å². The SMILES string of the molecule is COc1cc([C@H]2c3c(oc4ccccc4c3=O)C(=O)N2c2nc3ccc(C(C)C)cc3s2)cc(OC)c1OC. The Bertz CT molecular complexity index is 1800. The van der Waals surface area contributed by atoms with E-state index in [1.807, 2.05) is 12.1 Å². The molecule has 2 aromatic heterocycles. The third-order valence-electron chi connectivity index (χ3n) is 7.05. The van der Waals surface area contributed by atoms with Gasteiger partial charge in [-0.15, -0.1) is 0 Å². The van der Waals surface area contributed by atoms with Crippen molar-refractivity contribution in [3.8, 4) is 17.2 Å². The average molecular weight is 543 g/mol. The van der Waals surface area contributed by atoms with Crippen LogP contribution in [0.4, 0.5) is 5.13 Å². The number of amides is 1. The minimum absolute atomic E-state index is 0.000391. The van der Waals surface area contributed by atoms with Crippen LogP contribution in [0.1, 0.15) is 53.1 Å². The number of hydrogen-bond donors (Lipinski definition) is 0. The third-order valence-corrected chi connectivity index (χ3v) is 8.07. The predicted molar refractivity (Wildman–Crippen MR) is 151 cm³/mol. The first-order valence-electron chi connectivity index (χ1n) is 12.5. The summed E-state index contributed by atoms with van der Waals surface area (Å²) in [5.74, 6) is 1.13. The normalized spacial score (nSPS) is 14.9. The first-order valence-corrected chi connectivity index (χ1v) is 13.3. The van der Waals surface area contributed by atoms with Gasteiger partial charge >= 0.3 is 0 Å². The lowest BCUT2D eigenvalue weighted by Gasteiger charge is -2.24. The Labute approximate surface area is 228 Å². The number of thiazole rings is 1. The summed E-state index contributed by atoms with van der Waals surface area (Å²) in [5, 5.41) is 0.860. The van der Waals surface area contributed by atoms with Crippen LogP contribution in [0.3, 0.4) is 0 Å². The molecule has 0 bridgehead atoms. The summed E-state index contributed by atoms with van der Waals surface area (Å²) in [5.41, 5.74) is 2.88. The fourth-order valence-electron chi connectivity index (χ4n) is 5.08. The number of benzene rings is 3. The Balaban J connectivity index is 1.63. The molecule has 0 N–H and O–H groups in total. The lowest BCUT2D eigenvalue weighted by atomic mass is 9.98. The van der Waals surface area contributed by atoms with Gasteiger partial charge in [-0.3, -0.25) is 14.5 Å². The second-order valence-corrected chi connectivity index (χ2v) is 10.6. The highest BCUT2D eigenvalue weighted by Gasteiger charge is 2.45. The molecule has 6 rings (SSSR count). The number of rotatable bonds is 6. The number of anilines is 1. The quantitative estimate of drug-likeness (QED) is 0.249. The Hall–Kier alpha value is -4.37. The van der Waals surface area contributed by atoms with Crippen molar-refractivity contribution in [2.24, 2.45) is 0 Å². The van der Waals surface area contributed by atoms with E-state index in [9.17, 15) is 9.59 Å². The molecule has 1 aliphatic rings. The highest BCUT2D eigenvalue weighted by molar-refractivity contribution is 7.22. The monoisotopic (exact) mass is 542 g/mol. The number of carbonyl (C=O) groups is 1. The van der Waals surface area contributed by atoms with E-state index in [4.69, 9.17) is 23.6 Å². The Kier molecular flexibility index (Phi) is 6.03. The van der Waals surface area contributed by atoms with Crippen LogP contribution in [-0.2, 0) is 0 Å². The van der Waals surface area contributed by atoms with Gasteiger partial charge in [-0.25, -0.2) is 4.98 Å². The first-order chi connectivity index (χ1) is 18.9. The molecule has 3 heterocycles. The zero-order valence-corrected chi connectivity index (χ0v) is 22.9. The van der Waals surface area contributed by atoms with Crippen molar-refractivity contribution in [1.82, 2.24) is 4.98 Å². The molecule has 3 aromatic carbocycles. The van der Waals surface area contributed by atoms with E-state index in [-0.39, 0.29) is 16.8 Å². The molecular formula is C30H26N2O6S. The van der Waals surface area contributed by atoms with Crippen molar-refractivity contribution in [2.75, 3.05) is 26.2 Å². The molecule has 9 heteroatoms. The van der Waals surface area contributed by atoms with Gasteiger partial charge in [0.05, 0.1) is 48.5 Å². The minimum Gasteiger partial charge on any atom is -0.493 e. The number of nitrogens with zero attached hydrogens (tertiary/aromatic N) is 2. The van der Waals surface area contributed by atoms with E-state index >= 15 is 0 Å². The molecular weight excluding hydrogens is 516 g/mol. The van der Waals surface area contributed by atoms with Crippen molar-refractivity contribution in [2.45, 2.75) is 25.8 Å². The van der Waals surface area contributed by atoms with E-state index in [1.54, 1.807) is 36.4 Å². The Morgan fingerprint density at radius 3 is 2.33 bits per heavy atom. The number of hydrogen-bond acceptors (Lipinski definition) is 8. The van der Waals surface area contributed by atoms with Gasteiger partial charge in [-0.2, -0.15) is 0 Å². The Morgan fingerprint density at radius 1 is 0.949 bits per heavy atom. The molecule has 0 saturated carbocycles. The van der Waals surface area contributed by atoms with Gasteiger partial charge in [0.1, 0.15) is 5.58 Å². The van der Waals surface area contributed by atoms with Crippen molar-refractivity contribution in [3.05, 3.63) is 87.3 Å². The van der Waals surface area contributed by atoms with Crippen LogP contribution in [0.5, 0.6) is 17.2 Å². The van der Waals surface area contributed by atoms with Crippen molar-refractivity contribution in [1.29, 1.82) is 0 Å². The van der Waals surface area contributed by atoms with Crippen LogP contribution in [0.15, 0.2) is 63.8 Å². The van der Waals surface area contributed by atoms with Gasteiger partial charge < -0.3 is 18.6 Å². The molecule has 0 spiro atoms. The molecule has 198 valence electrons. The molecule has 0 unspecified atom stereocenters. The predicted octanol–water partition coefficient (Wildman–Crippen LogP) is 6.30. The number of methoxy groups -OCH3 is 3. The highest BCUT2D eigenvalue weighted by Crippen LogP contribution is 2.47.